The first kappa shape index (κ1) is 18.0. The molecule has 0 aliphatic carbocycles. The van der Waals surface area contributed by atoms with Gasteiger partial charge in [-0.2, -0.15) is 23.5 Å². The zero-order valence-electron chi connectivity index (χ0n) is 12.2. The van der Waals surface area contributed by atoms with Gasteiger partial charge in [0.05, 0.1) is 0 Å². The van der Waals surface area contributed by atoms with Gasteiger partial charge in [0.1, 0.15) is 0 Å². The van der Waals surface area contributed by atoms with Crippen LogP contribution < -0.4 is 0 Å². The van der Waals surface area contributed by atoms with Crippen LogP contribution in [0, 0.1) is 0 Å². The van der Waals surface area contributed by atoms with E-state index in [1.54, 1.807) is 11.3 Å². The van der Waals surface area contributed by atoms with E-state index in [2.05, 4.69) is 50.4 Å². The van der Waals surface area contributed by atoms with Gasteiger partial charge in [0.2, 0.25) is 0 Å². The summed E-state index contributed by atoms with van der Waals surface area (Å²) in [4.78, 5) is 0. The molecule has 4 atom stereocenters. The molecule has 1 heterocycles. The van der Waals surface area contributed by atoms with E-state index in [4.69, 9.17) is 0 Å². The second-order valence-electron chi connectivity index (χ2n) is 4.36. The third-order valence-electron chi connectivity index (χ3n) is 3.03. The molecule has 19 heavy (non-hydrogen) atoms. The minimum absolute atomic E-state index is 0.573. The van der Waals surface area contributed by atoms with Gasteiger partial charge in [-0.3, -0.25) is 0 Å². The molecule has 1 rings (SSSR count). The molecule has 0 fully saturated rings. The Kier molecular flexibility index (Phi) is 8.60. The molecular formula is C12H22N2S5. The number of rotatable bonds is 8. The Morgan fingerprint density at radius 2 is 1.11 bits per heavy atom. The third kappa shape index (κ3) is 6.08. The zero-order valence-corrected chi connectivity index (χ0v) is 16.3. The molecule has 0 aliphatic rings. The predicted molar refractivity (Wildman–Crippen MR) is 96.5 cm³/mol. The third-order valence-corrected chi connectivity index (χ3v) is 9.39. The van der Waals surface area contributed by atoms with Crippen LogP contribution in [0.25, 0.3) is 0 Å². The van der Waals surface area contributed by atoms with E-state index in [0.717, 1.165) is 8.68 Å². The SMILES string of the molecule is CSC(C)C(C)Sc1nnc(SC(C)C(C)SC)s1. The summed E-state index contributed by atoms with van der Waals surface area (Å²) in [6, 6.07) is 0. The highest BCUT2D eigenvalue weighted by Crippen LogP contribution is 2.36. The first-order valence-corrected chi connectivity index (χ1v) is 11.4. The highest BCUT2D eigenvalue weighted by Gasteiger charge is 2.18. The molecule has 2 nitrogen and oxygen atoms in total. The van der Waals surface area contributed by atoms with Crippen molar-refractivity contribution in [1.82, 2.24) is 10.2 Å². The maximum atomic E-state index is 4.31. The number of hydrogen-bond acceptors (Lipinski definition) is 7. The van der Waals surface area contributed by atoms with E-state index >= 15 is 0 Å². The lowest BCUT2D eigenvalue weighted by Crippen LogP contribution is -2.11. The van der Waals surface area contributed by atoms with Crippen molar-refractivity contribution in [2.45, 2.75) is 57.4 Å². The van der Waals surface area contributed by atoms with E-state index in [9.17, 15) is 0 Å². The van der Waals surface area contributed by atoms with Crippen molar-refractivity contribution < 1.29 is 0 Å². The maximum Gasteiger partial charge on any atom is 0.175 e. The second kappa shape index (κ2) is 9.07. The van der Waals surface area contributed by atoms with E-state index < -0.39 is 0 Å². The first-order valence-electron chi connectivity index (χ1n) is 6.20. The van der Waals surface area contributed by atoms with Crippen molar-refractivity contribution in [2.75, 3.05) is 12.5 Å². The molecule has 0 saturated carbocycles. The lowest BCUT2D eigenvalue weighted by atomic mass is 10.4. The average molecular weight is 355 g/mol. The van der Waals surface area contributed by atoms with Crippen LogP contribution in [0.4, 0.5) is 0 Å². The minimum atomic E-state index is 0.573. The predicted octanol–water partition coefficient (Wildman–Crippen LogP) is 5.00. The van der Waals surface area contributed by atoms with Gasteiger partial charge in [-0.15, -0.1) is 10.2 Å². The standard InChI is InChI=1S/C12H22N2S5/c1-7(15-5)9(3)17-11-13-14-12(19-11)18-10(4)8(2)16-6/h7-10H,1-6H3. The van der Waals surface area contributed by atoms with Gasteiger partial charge in [0, 0.05) is 21.0 Å². The van der Waals surface area contributed by atoms with Crippen LogP contribution in [0.5, 0.6) is 0 Å². The Labute approximate surface area is 138 Å². The Hall–Kier alpha value is 0.960. The summed E-state index contributed by atoms with van der Waals surface area (Å²) < 4.78 is 2.19. The summed E-state index contributed by atoms with van der Waals surface area (Å²) in [6.07, 6.45) is 4.32. The first-order chi connectivity index (χ1) is 8.97. The highest BCUT2D eigenvalue weighted by molar-refractivity contribution is 8.06. The zero-order chi connectivity index (χ0) is 14.4. The molecule has 1 aromatic heterocycles. The molecular weight excluding hydrogens is 332 g/mol. The van der Waals surface area contributed by atoms with Crippen molar-refractivity contribution in [3.63, 3.8) is 0 Å². The molecule has 4 unspecified atom stereocenters. The van der Waals surface area contributed by atoms with E-state index in [1.165, 1.54) is 0 Å². The van der Waals surface area contributed by atoms with Crippen molar-refractivity contribution >= 4 is 58.4 Å². The molecule has 7 heteroatoms. The largest absolute Gasteiger partial charge is 0.175 e. The topological polar surface area (TPSA) is 25.8 Å². The normalized spacial score (nSPS) is 18.0. The summed E-state index contributed by atoms with van der Waals surface area (Å²) in [5, 5.41) is 11.0. The van der Waals surface area contributed by atoms with Crippen LogP contribution in [0.3, 0.4) is 0 Å². The Balaban J connectivity index is 2.53. The van der Waals surface area contributed by atoms with E-state index in [1.807, 2.05) is 47.0 Å². The Bertz CT molecular complexity index is 338. The highest BCUT2D eigenvalue weighted by atomic mass is 32.2. The van der Waals surface area contributed by atoms with E-state index in [-0.39, 0.29) is 0 Å². The van der Waals surface area contributed by atoms with Crippen LogP contribution in [0.15, 0.2) is 8.68 Å². The van der Waals surface area contributed by atoms with Gasteiger partial charge in [0.25, 0.3) is 0 Å². The second-order valence-corrected chi connectivity index (χ2v) is 11.0. The Morgan fingerprint density at radius 1 is 0.737 bits per heavy atom. The van der Waals surface area contributed by atoms with Crippen LogP contribution in [-0.4, -0.2) is 43.7 Å². The van der Waals surface area contributed by atoms with E-state index in [0.29, 0.717) is 21.0 Å². The van der Waals surface area contributed by atoms with Gasteiger partial charge in [0.15, 0.2) is 8.68 Å². The smallest absolute Gasteiger partial charge is 0.161 e. The summed E-state index contributed by atoms with van der Waals surface area (Å²) in [7, 11) is 0. The van der Waals surface area contributed by atoms with Crippen molar-refractivity contribution in [1.29, 1.82) is 0 Å². The quantitative estimate of drug-likeness (QED) is 0.609. The molecule has 0 amide bonds. The monoisotopic (exact) mass is 354 g/mol. The molecule has 0 aliphatic heterocycles. The molecule has 0 aromatic carbocycles. The number of hydrogen-bond donors (Lipinski definition) is 0. The maximum absolute atomic E-state index is 4.31. The van der Waals surface area contributed by atoms with Crippen LogP contribution in [0.2, 0.25) is 0 Å². The molecule has 0 radical (unpaired) electrons. The van der Waals surface area contributed by atoms with Gasteiger partial charge >= 0.3 is 0 Å². The summed E-state index contributed by atoms with van der Waals surface area (Å²) in [5.41, 5.74) is 0. The van der Waals surface area contributed by atoms with Gasteiger partial charge in [-0.1, -0.05) is 62.6 Å². The van der Waals surface area contributed by atoms with Crippen LogP contribution in [-0.2, 0) is 0 Å². The molecule has 0 saturated heterocycles. The number of aromatic nitrogens is 2. The molecule has 0 N–H and O–H groups in total. The summed E-state index contributed by atoms with van der Waals surface area (Å²) >= 11 is 9.23. The van der Waals surface area contributed by atoms with Crippen LogP contribution in [0.1, 0.15) is 27.7 Å². The minimum Gasteiger partial charge on any atom is -0.161 e. The fourth-order valence-electron chi connectivity index (χ4n) is 1.19. The fraction of sp³-hybridized carbons (Fsp3) is 0.833. The van der Waals surface area contributed by atoms with Crippen molar-refractivity contribution in [3.05, 3.63) is 0 Å². The lowest BCUT2D eigenvalue weighted by Gasteiger charge is -2.15. The molecule has 110 valence electrons. The summed E-state index contributed by atoms with van der Waals surface area (Å²) in [6.45, 7) is 9.06. The van der Waals surface area contributed by atoms with Gasteiger partial charge in [-0.25, -0.2) is 0 Å². The molecule has 0 bridgehead atoms. The summed E-state index contributed by atoms with van der Waals surface area (Å²) in [5.74, 6) is 0. The van der Waals surface area contributed by atoms with Crippen LogP contribution >= 0.6 is 58.4 Å². The molecule has 1 aromatic rings. The molecule has 0 spiro atoms. The van der Waals surface area contributed by atoms with Crippen molar-refractivity contribution in [3.8, 4) is 0 Å². The van der Waals surface area contributed by atoms with Crippen molar-refractivity contribution in [2.24, 2.45) is 0 Å². The number of nitrogens with zero attached hydrogens (tertiary/aromatic N) is 2. The average Bonchev–Trinajstić information content (AvgIpc) is 2.83. The lowest BCUT2D eigenvalue weighted by molar-refractivity contribution is 0.904. The van der Waals surface area contributed by atoms with Gasteiger partial charge < -0.3 is 0 Å². The number of thioether (sulfide) groups is 4. The fourth-order valence-corrected chi connectivity index (χ4v) is 6.39. The Morgan fingerprint density at radius 3 is 1.42 bits per heavy atom. The van der Waals surface area contributed by atoms with Gasteiger partial charge in [-0.05, 0) is 12.5 Å².